The number of ether oxygens (including phenoxy) is 1. The fraction of sp³-hybridized carbons (Fsp3) is 0.917. The van der Waals surface area contributed by atoms with Gasteiger partial charge >= 0.3 is 0 Å². The molecule has 3 unspecified atom stereocenters. The van der Waals surface area contributed by atoms with Gasteiger partial charge in [0, 0.05) is 12.6 Å². The second-order valence-electron chi connectivity index (χ2n) is 4.68. The van der Waals surface area contributed by atoms with Gasteiger partial charge in [-0.15, -0.1) is 0 Å². The summed E-state index contributed by atoms with van der Waals surface area (Å²) in [5.41, 5.74) is 2.15. The molecule has 0 bridgehead atoms. The Hall–Kier alpha value is -0.650. The maximum absolute atomic E-state index is 11.3. The first-order chi connectivity index (χ1) is 8.12. The quantitative estimate of drug-likeness (QED) is 0.408. The number of likely N-dealkylation sites (N-methyl/N-ethyl adjacent to an activating group) is 1. The summed E-state index contributed by atoms with van der Waals surface area (Å²) in [6, 6.07) is 0.561. The van der Waals surface area contributed by atoms with Crippen molar-refractivity contribution in [1.29, 1.82) is 0 Å². The van der Waals surface area contributed by atoms with E-state index in [-0.39, 0.29) is 18.1 Å². The van der Waals surface area contributed by atoms with Gasteiger partial charge in [0.05, 0.1) is 6.10 Å². The van der Waals surface area contributed by atoms with Crippen molar-refractivity contribution in [1.82, 2.24) is 10.3 Å². The predicted octanol–water partition coefficient (Wildman–Crippen LogP) is 0.644. The normalized spacial score (nSPS) is 26.2. The molecule has 3 atom stereocenters. The Morgan fingerprint density at radius 3 is 2.76 bits per heavy atom. The maximum atomic E-state index is 11.3. The number of amides is 1. The number of carbonyl (C=O) groups excluding carboxylic acids is 1. The minimum atomic E-state index is -0.361. The molecule has 1 saturated heterocycles. The van der Waals surface area contributed by atoms with Crippen molar-refractivity contribution in [2.75, 3.05) is 13.1 Å². The zero-order valence-corrected chi connectivity index (χ0v) is 11.1. The third kappa shape index (κ3) is 3.94. The van der Waals surface area contributed by atoms with Gasteiger partial charge in [-0.3, -0.25) is 15.1 Å². The average molecular weight is 243 g/mol. The topological polar surface area (TPSA) is 67.6 Å². The summed E-state index contributed by atoms with van der Waals surface area (Å²) in [6.45, 7) is 8.49. The first-order valence-corrected chi connectivity index (χ1v) is 6.52. The van der Waals surface area contributed by atoms with Crippen LogP contribution in [0.1, 0.15) is 40.0 Å². The fourth-order valence-electron chi connectivity index (χ4n) is 2.27. The van der Waals surface area contributed by atoms with E-state index in [2.05, 4.69) is 31.1 Å². The lowest BCUT2D eigenvalue weighted by molar-refractivity contribution is -0.132. The average Bonchev–Trinajstić information content (AvgIpc) is 2.82. The maximum Gasteiger partial charge on any atom is 0.263 e. The number of hydrogen-bond donors (Lipinski definition) is 2. The Balaban J connectivity index is 2.40. The van der Waals surface area contributed by atoms with Crippen molar-refractivity contribution >= 4 is 5.91 Å². The van der Waals surface area contributed by atoms with Gasteiger partial charge in [-0.05, 0) is 32.7 Å². The van der Waals surface area contributed by atoms with Gasteiger partial charge in [0.2, 0.25) is 0 Å². The Kier molecular flexibility index (Phi) is 5.88. The van der Waals surface area contributed by atoms with Crippen LogP contribution in [0.4, 0.5) is 0 Å². The highest BCUT2D eigenvalue weighted by Gasteiger charge is 2.31. The van der Waals surface area contributed by atoms with Gasteiger partial charge in [-0.25, -0.2) is 5.84 Å². The summed E-state index contributed by atoms with van der Waals surface area (Å²) >= 11 is 0. The van der Waals surface area contributed by atoms with E-state index in [1.807, 2.05) is 0 Å². The molecule has 0 aromatic rings. The number of nitrogens with zero attached hydrogens (tertiary/aromatic N) is 1. The van der Waals surface area contributed by atoms with Crippen LogP contribution in [0.5, 0.6) is 0 Å². The van der Waals surface area contributed by atoms with Crippen LogP contribution in [0.25, 0.3) is 0 Å². The van der Waals surface area contributed by atoms with E-state index in [4.69, 9.17) is 10.6 Å². The lowest BCUT2D eigenvalue weighted by Gasteiger charge is -2.29. The lowest BCUT2D eigenvalue weighted by atomic mass is 10.1. The van der Waals surface area contributed by atoms with Crippen molar-refractivity contribution in [3.63, 3.8) is 0 Å². The van der Waals surface area contributed by atoms with E-state index in [0.717, 1.165) is 32.4 Å². The van der Waals surface area contributed by atoms with Gasteiger partial charge in [-0.2, -0.15) is 0 Å². The first-order valence-electron chi connectivity index (χ1n) is 6.52. The van der Waals surface area contributed by atoms with Crippen LogP contribution >= 0.6 is 0 Å². The van der Waals surface area contributed by atoms with Crippen LogP contribution in [0.3, 0.4) is 0 Å². The molecule has 5 heteroatoms. The highest BCUT2D eigenvalue weighted by atomic mass is 16.5. The molecule has 1 amide bonds. The molecule has 1 heterocycles. The first kappa shape index (κ1) is 14.4. The SMILES string of the molecule is CCC(C)N(CC)CC1CCC(C(=O)NN)O1. The Bertz CT molecular complexity index is 248. The summed E-state index contributed by atoms with van der Waals surface area (Å²) in [5, 5.41) is 0. The zero-order valence-electron chi connectivity index (χ0n) is 11.1. The number of nitrogens with one attached hydrogen (secondary N) is 1. The molecule has 1 aliphatic heterocycles. The Morgan fingerprint density at radius 1 is 1.53 bits per heavy atom. The molecular formula is C12H25N3O2. The third-order valence-electron chi connectivity index (χ3n) is 3.60. The Morgan fingerprint density at radius 2 is 2.24 bits per heavy atom. The second-order valence-corrected chi connectivity index (χ2v) is 4.68. The summed E-state index contributed by atoms with van der Waals surface area (Å²) in [6.07, 6.45) is 2.64. The van der Waals surface area contributed by atoms with Crippen molar-refractivity contribution in [2.45, 2.75) is 58.3 Å². The third-order valence-corrected chi connectivity index (χ3v) is 3.60. The van der Waals surface area contributed by atoms with Gasteiger partial charge in [0.15, 0.2) is 0 Å². The van der Waals surface area contributed by atoms with Crippen molar-refractivity contribution in [2.24, 2.45) is 5.84 Å². The molecule has 0 aromatic carbocycles. The van der Waals surface area contributed by atoms with Crippen molar-refractivity contribution < 1.29 is 9.53 Å². The number of carbonyl (C=O) groups is 1. The van der Waals surface area contributed by atoms with Crippen LogP contribution in [0.2, 0.25) is 0 Å². The highest BCUT2D eigenvalue weighted by molar-refractivity contribution is 5.80. The number of nitrogens with two attached hydrogens (primary N) is 1. The monoisotopic (exact) mass is 243 g/mol. The van der Waals surface area contributed by atoms with Crippen molar-refractivity contribution in [3.05, 3.63) is 0 Å². The number of hydrazine groups is 1. The summed E-state index contributed by atoms with van der Waals surface area (Å²) in [5.74, 6) is 4.90. The van der Waals surface area contributed by atoms with E-state index in [1.54, 1.807) is 0 Å². The summed E-state index contributed by atoms with van der Waals surface area (Å²) in [4.78, 5) is 13.7. The standard InChI is InChI=1S/C12H25N3O2/c1-4-9(3)15(5-2)8-10-6-7-11(17-10)12(16)14-13/h9-11H,4-8,13H2,1-3H3,(H,14,16). The van der Waals surface area contributed by atoms with Crippen LogP contribution in [-0.4, -0.2) is 42.1 Å². The number of hydrogen-bond acceptors (Lipinski definition) is 4. The highest BCUT2D eigenvalue weighted by Crippen LogP contribution is 2.21. The van der Waals surface area contributed by atoms with Gasteiger partial charge in [0.25, 0.3) is 5.91 Å². The van der Waals surface area contributed by atoms with Gasteiger partial charge in [0.1, 0.15) is 6.10 Å². The molecule has 17 heavy (non-hydrogen) atoms. The van der Waals surface area contributed by atoms with E-state index < -0.39 is 0 Å². The molecule has 1 fully saturated rings. The van der Waals surface area contributed by atoms with E-state index in [1.165, 1.54) is 0 Å². The molecule has 1 aliphatic rings. The summed E-state index contributed by atoms with van der Waals surface area (Å²) < 4.78 is 5.71. The molecule has 3 N–H and O–H groups in total. The molecule has 0 aromatic heterocycles. The molecule has 1 rings (SSSR count). The van der Waals surface area contributed by atoms with E-state index in [0.29, 0.717) is 6.04 Å². The van der Waals surface area contributed by atoms with Crippen LogP contribution < -0.4 is 11.3 Å². The molecule has 100 valence electrons. The molecule has 5 nitrogen and oxygen atoms in total. The smallest absolute Gasteiger partial charge is 0.263 e. The van der Waals surface area contributed by atoms with Crippen LogP contribution in [0, 0.1) is 0 Å². The van der Waals surface area contributed by atoms with Gasteiger partial charge in [-0.1, -0.05) is 13.8 Å². The minimum Gasteiger partial charge on any atom is -0.364 e. The number of rotatable bonds is 6. The largest absolute Gasteiger partial charge is 0.364 e. The lowest BCUT2D eigenvalue weighted by Crippen LogP contribution is -2.41. The predicted molar refractivity (Wildman–Crippen MR) is 67.2 cm³/mol. The van der Waals surface area contributed by atoms with Gasteiger partial charge < -0.3 is 4.74 Å². The minimum absolute atomic E-state index is 0.159. The molecular weight excluding hydrogens is 218 g/mol. The molecule has 0 spiro atoms. The fourth-order valence-corrected chi connectivity index (χ4v) is 2.27. The van der Waals surface area contributed by atoms with Crippen LogP contribution in [0.15, 0.2) is 0 Å². The Labute approximate surface area is 104 Å². The molecule has 0 radical (unpaired) electrons. The zero-order chi connectivity index (χ0) is 12.8. The van der Waals surface area contributed by atoms with Crippen LogP contribution in [-0.2, 0) is 9.53 Å². The van der Waals surface area contributed by atoms with E-state index >= 15 is 0 Å². The molecule has 0 aliphatic carbocycles. The van der Waals surface area contributed by atoms with E-state index in [9.17, 15) is 4.79 Å². The van der Waals surface area contributed by atoms with Crippen molar-refractivity contribution in [3.8, 4) is 0 Å². The summed E-state index contributed by atoms with van der Waals surface area (Å²) in [7, 11) is 0. The second kappa shape index (κ2) is 6.93. The molecule has 0 saturated carbocycles.